The zero-order chi connectivity index (χ0) is 28.3. The van der Waals surface area contributed by atoms with E-state index >= 15 is 0 Å². The fourth-order valence-electron chi connectivity index (χ4n) is 5.48. The van der Waals surface area contributed by atoms with Gasteiger partial charge in [0.05, 0.1) is 16.9 Å². The van der Waals surface area contributed by atoms with Crippen LogP contribution in [-0.2, 0) is 0 Å². The maximum atomic E-state index is 14.5. The van der Waals surface area contributed by atoms with E-state index in [1.54, 1.807) is 23.1 Å². The predicted molar refractivity (Wildman–Crippen MR) is 146 cm³/mol. The van der Waals surface area contributed by atoms with Gasteiger partial charge in [0.2, 0.25) is 0 Å². The number of nitrogens with zero attached hydrogens (tertiary/aromatic N) is 4. The molecule has 0 saturated heterocycles. The quantitative estimate of drug-likeness (QED) is 0.199. The zero-order valence-corrected chi connectivity index (χ0v) is 22.7. The third-order valence-electron chi connectivity index (χ3n) is 8.21. The summed E-state index contributed by atoms with van der Waals surface area (Å²) in [6.45, 7) is 13.7. The minimum atomic E-state index is -0.715. The molecule has 2 aromatic carbocycles. The highest BCUT2D eigenvalue weighted by atomic mass is 19.1. The van der Waals surface area contributed by atoms with Gasteiger partial charge < -0.3 is 10.6 Å². The first-order valence-electron chi connectivity index (χ1n) is 12.6. The smallest absolute Gasteiger partial charge is 0.253 e. The number of hydrogen-bond acceptors (Lipinski definition) is 6. The second-order valence-electron chi connectivity index (χ2n) is 10.6. The molecule has 0 aliphatic heterocycles. The van der Waals surface area contributed by atoms with Crippen molar-refractivity contribution in [2.45, 2.75) is 40.5 Å². The molecule has 0 bridgehead atoms. The Morgan fingerprint density at radius 1 is 1.24 bits per heavy atom. The van der Waals surface area contributed by atoms with Crippen molar-refractivity contribution in [2.75, 3.05) is 25.9 Å². The first-order valence-corrected chi connectivity index (χ1v) is 12.6. The summed E-state index contributed by atoms with van der Waals surface area (Å²) in [5.41, 5.74) is 14.2. The van der Waals surface area contributed by atoms with E-state index in [9.17, 15) is 13.6 Å². The van der Waals surface area contributed by atoms with Crippen LogP contribution in [0, 0.1) is 33.9 Å². The molecule has 3 rings (SSSR count). The summed E-state index contributed by atoms with van der Waals surface area (Å²) in [6.07, 6.45) is 3.25. The van der Waals surface area contributed by atoms with Crippen LogP contribution in [0.2, 0.25) is 0 Å². The molecule has 0 heterocycles. The van der Waals surface area contributed by atoms with Crippen LogP contribution in [0.1, 0.15) is 56.5 Å². The molecule has 1 aliphatic carbocycles. The number of allylic oxidation sites excluding steroid dienone is 2. The molecular formula is C29H36F2N6O. The van der Waals surface area contributed by atoms with Crippen LogP contribution in [0.4, 0.5) is 20.2 Å². The first kappa shape index (κ1) is 28.8. The number of anilines is 1. The third-order valence-corrected chi connectivity index (χ3v) is 8.21. The Morgan fingerprint density at radius 2 is 1.89 bits per heavy atom. The van der Waals surface area contributed by atoms with Gasteiger partial charge >= 0.3 is 0 Å². The van der Waals surface area contributed by atoms with Gasteiger partial charge in [-0.2, -0.15) is 15.3 Å². The lowest BCUT2D eigenvalue weighted by Crippen LogP contribution is -2.46. The summed E-state index contributed by atoms with van der Waals surface area (Å²) < 4.78 is 29.0. The Balaban J connectivity index is 1.89. The number of carbonyl (C=O) groups excluding carboxylic acids is 1. The fraction of sp³-hybridized carbons (Fsp3) is 0.414. The minimum Gasteiger partial charge on any atom is -0.397 e. The van der Waals surface area contributed by atoms with Crippen molar-refractivity contribution < 1.29 is 13.6 Å². The lowest BCUT2D eigenvalue weighted by molar-refractivity contribution is 0.0421. The second-order valence-corrected chi connectivity index (χ2v) is 10.6. The number of nitrogens with two attached hydrogens (primary N) is 1. The van der Waals surface area contributed by atoms with Gasteiger partial charge in [-0.15, -0.1) is 0 Å². The predicted octanol–water partition coefficient (Wildman–Crippen LogP) is 7.79. The number of hydrogen-bond donors (Lipinski definition) is 2. The number of carbonyl (C=O) groups is 1. The molecule has 1 amide bonds. The van der Waals surface area contributed by atoms with Crippen molar-refractivity contribution in [1.29, 1.82) is 5.53 Å². The average molecular weight is 523 g/mol. The molecule has 7 nitrogen and oxygen atoms in total. The Hall–Kier alpha value is -3.75. The molecule has 0 radical (unpaired) electrons. The molecule has 1 fully saturated rings. The van der Waals surface area contributed by atoms with Crippen molar-refractivity contribution in [3.63, 3.8) is 0 Å². The number of azo groups is 1. The first-order chi connectivity index (χ1) is 17.9. The van der Waals surface area contributed by atoms with Crippen molar-refractivity contribution in [3.05, 3.63) is 77.4 Å². The molecule has 202 valence electrons. The van der Waals surface area contributed by atoms with Crippen molar-refractivity contribution in [3.8, 4) is 0 Å². The lowest BCUT2D eigenvalue weighted by atomic mass is 9.64. The molecule has 2 aromatic rings. The summed E-state index contributed by atoms with van der Waals surface area (Å²) >= 11 is 0. The number of rotatable bonds is 9. The highest BCUT2D eigenvalue weighted by Crippen LogP contribution is 2.58. The van der Waals surface area contributed by atoms with Crippen LogP contribution in [-0.4, -0.2) is 30.9 Å². The third kappa shape index (κ3) is 5.42. The summed E-state index contributed by atoms with van der Waals surface area (Å²) in [7, 11) is 1.45. The number of nitrogens with one attached hydrogen (secondary N) is 1. The lowest BCUT2D eigenvalue weighted by Gasteiger charge is -2.45. The van der Waals surface area contributed by atoms with Crippen LogP contribution in [0.25, 0.3) is 5.70 Å². The van der Waals surface area contributed by atoms with E-state index in [0.717, 1.165) is 12.8 Å². The molecule has 0 aromatic heterocycles. The van der Waals surface area contributed by atoms with Gasteiger partial charge in [-0.05, 0) is 78.5 Å². The van der Waals surface area contributed by atoms with Crippen LogP contribution in [0.5, 0.6) is 0 Å². The van der Waals surface area contributed by atoms with Gasteiger partial charge in [-0.3, -0.25) is 4.79 Å². The highest BCUT2D eigenvalue weighted by Gasteiger charge is 2.52. The van der Waals surface area contributed by atoms with E-state index in [-0.39, 0.29) is 39.6 Å². The number of benzene rings is 2. The SMILES string of the molecule is C=C(/C=C(\N=N/C)c1c(F)cccc1F)[C@@H]1CC[C@@](C)(CN(CC)C(=O)c2ccc(N)c(N=N)c2)C1(C)C. The van der Waals surface area contributed by atoms with Gasteiger partial charge in [-0.25, -0.2) is 14.3 Å². The molecule has 9 heteroatoms. The summed E-state index contributed by atoms with van der Waals surface area (Å²) in [6, 6.07) is 8.47. The Morgan fingerprint density at radius 3 is 2.47 bits per heavy atom. The standard InChI is InChI=1S/C29H36F2N6O/c1-7-37(27(38)19-11-12-23(32)24(16-19)35-33)17-29(5)14-13-20(28(29,3)4)18(2)15-25(36-34-6)26-21(30)9-8-10-22(26)31/h8-12,15-16,20,33H,2,7,13-14,17,32H2,1,3-6H3/b25-15-,35-33?,36-34-/t20-,29-/m0/s1. The van der Waals surface area contributed by atoms with E-state index in [0.29, 0.717) is 29.9 Å². The summed E-state index contributed by atoms with van der Waals surface area (Å²) in [5, 5.41) is 11.2. The average Bonchev–Trinajstić information content (AvgIpc) is 3.10. The van der Waals surface area contributed by atoms with E-state index in [1.807, 2.05) is 6.92 Å². The molecule has 2 atom stereocenters. The highest BCUT2D eigenvalue weighted by molar-refractivity contribution is 5.96. The van der Waals surface area contributed by atoms with Crippen LogP contribution >= 0.6 is 0 Å². The fourth-order valence-corrected chi connectivity index (χ4v) is 5.48. The number of amides is 1. The Bertz CT molecular complexity index is 1280. The molecular weight excluding hydrogens is 486 g/mol. The number of nitrogen functional groups attached to an aromatic ring is 1. The molecule has 0 unspecified atom stereocenters. The van der Waals surface area contributed by atoms with Gasteiger partial charge in [-0.1, -0.05) is 33.4 Å². The van der Waals surface area contributed by atoms with Crippen LogP contribution in [0.15, 0.2) is 70.0 Å². The van der Waals surface area contributed by atoms with Crippen molar-refractivity contribution in [1.82, 2.24) is 4.90 Å². The number of halogens is 2. The maximum Gasteiger partial charge on any atom is 0.253 e. The van der Waals surface area contributed by atoms with Crippen molar-refractivity contribution >= 4 is 23.0 Å². The topological polar surface area (TPSA) is 107 Å². The van der Waals surface area contributed by atoms with Gasteiger partial charge in [0.1, 0.15) is 17.3 Å². The minimum absolute atomic E-state index is 0.0107. The molecule has 0 spiro atoms. The Kier molecular flexibility index (Phi) is 8.59. The van der Waals surface area contributed by atoms with E-state index < -0.39 is 11.6 Å². The van der Waals surface area contributed by atoms with Crippen LogP contribution < -0.4 is 5.73 Å². The summed E-state index contributed by atoms with van der Waals surface area (Å²) in [5.74, 6) is -1.60. The van der Waals surface area contributed by atoms with E-state index in [1.165, 1.54) is 31.3 Å². The Labute approximate surface area is 223 Å². The molecule has 1 saturated carbocycles. The van der Waals surface area contributed by atoms with Gasteiger partial charge in [0, 0.05) is 25.7 Å². The van der Waals surface area contributed by atoms with E-state index in [2.05, 4.69) is 42.7 Å². The zero-order valence-electron chi connectivity index (χ0n) is 22.7. The van der Waals surface area contributed by atoms with Gasteiger partial charge in [0.15, 0.2) is 0 Å². The largest absolute Gasteiger partial charge is 0.397 e. The summed E-state index contributed by atoms with van der Waals surface area (Å²) in [4.78, 5) is 15.2. The second kappa shape index (κ2) is 11.3. The normalized spacial score (nSPS) is 21.0. The monoisotopic (exact) mass is 522 g/mol. The maximum absolute atomic E-state index is 14.5. The van der Waals surface area contributed by atoms with Crippen LogP contribution in [0.3, 0.4) is 0 Å². The molecule has 3 N–H and O–H groups in total. The van der Waals surface area contributed by atoms with Crippen molar-refractivity contribution in [2.24, 2.45) is 32.1 Å². The van der Waals surface area contributed by atoms with Gasteiger partial charge in [0.25, 0.3) is 5.91 Å². The molecule has 1 aliphatic rings. The molecule has 38 heavy (non-hydrogen) atoms. The van der Waals surface area contributed by atoms with E-state index in [4.69, 9.17) is 11.3 Å².